The van der Waals surface area contributed by atoms with Crippen molar-refractivity contribution in [2.45, 2.75) is 43.5 Å². The zero-order chi connectivity index (χ0) is 16.6. The molecule has 1 aromatic carbocycles. The van der Waals surface area contributed by atoms with Gasteiger partial charge in [-0.05, 0) is 50.3 Å². The van der Waals surface area contributed by atoms with Crippen LogP contribution in [0.5, 0.6) is 0 Å². The van der Waals surface area contributed by atoms with E-state index in [0.717, 1.165) is 18.9 Å². The van der Waals surface area contributed by atoms with Crippen LogP contribution < -0.4 is 5.32 Å². The quantitative estimate of drug-likeness (QED) is 0.909. The Kier molecular flexibility index (Phi) is 4.42. The third kappa shape index (κ3) is 3.55. The van der Waals surface area contributed by atoms with Crippen LogP contribution in [0.25, 0.3) is 0 Å². The van der Waals surface area contributed by atoms with Crippen molar-refractivity contribution in [1.29, 1.82) is 0 Å². The highest BCUT2D eigenvalue weighted by Crippen LogP contribution is 2.26. The van der Waals surface area contributed by atoms with Crippen molar-refractivity contribution in [3.05, 3.63) is 29.6 Å². The summed E-state index contributed by atoms with van der Waals surface area (Å²) < 4.78 is 40.4. The van der Waals surface area contributed by atoms with Gasteiger partial charge in [-0.2, -0.15) is 4.31 Å². The standard InChI is InChI=1S/C16H21FN2O3S/c1-11-4-7-14(9-15(11)17)23(21,22)19-8-2-3-12(10-19)16(20)18-13-5-6-13/h4,7,9,12-13H,2-3,5-6,8,10H2,1H3,(H,18,20). The van der Waals surface area contributed by atoms with E-state index in [0.29, 0.717) is 24.9 Å². The molecular weight excluding hydrogens is 319 g/mol. The lowest BCUT2D eigenvalue weighted by Gasteiger charge is -2.31. The molecule has 0 bridgehead atoms. The average molecular weight is 340 g/mol. The van der Waals surface area contributed by atoms with Crippen LogP contribution in [0, 0.1) is 18.7 Å². The zero-order valence-corrected chi connectivity index (χ0v) is 13.9. The molecule has 1 unspecified atom stereocenters. The third-order valence-corrected chi connectivity index (χ3v) is 6.32. The summed E-state index contributed by atoms with van der Waals surface area (Å²) in [5.74, 6) is -0.928. The monoisotopic (exact) mass is 340 g/mol. The number of nitrogens with zero attached hydrogens (tertiary/aromatic N) is 1. The van der Waals surface area contributed by atoms with Gasteiger partial charge in [0.15, 0.2) is 0 Å². The molecule has 1 amide bonds. The summed E-state index contributed by atoms with van der Waals surface area (Å²) in [6, 6.07) is 4.20. The molecule has 1 aliphatic heterocycles. The Balaban J connectivity index is 1.75. The summed E-state index contributed by atoms with van der Waals surface area (Å²) in [6.07, 6.45) is 3.33. The van der Waals surface area contributed by atoms with Gasteiger partial charge in [0.25, 0.3) is 0 Å². The number of hydrogen-bond donors (Lipinski definition) is 1. The van der Waals surface area contributed by atoms with Gasteiger partial charge in [-0.25, -0.2) is 12.8 Å². The lowest BCUT2D eigenvalue weighted by atomic mass is 9.99. The second-order valence-electron chi connectivity index (χ2n) is 6.40. The highest BCUT2D eigenvalue weighted by Gasteiger charge is 2.35. The molecule has 1 aromatic rings. The number of piperidine rings is 1. The molecule has 7 heteroatoms. The molecule has 126 valence electrons. The summed E-state index contributed by atoms with van der Waals surface area (Å²) in [5, 5.41) is 2.93. The first-order chi connectivity index (χ1) is 10.9. The van der Waals surface area contributed by atoms with Crippen molar-refractivity contribution in [2.75, 3.05) is 13.1 Å². The lowest BCUT2D eigenvalue weighted by molar-refractivity contribution is -0.126. The fourth-order valence-corrected chi connectivity index (χ4v) is 4.34. The number of nitrogens with one attached hydrogen (secondary N) is 1. The Morgan fingerprint density at radius 3 is 2.70 bits per heavy atom. The van der Waals surface area contributed by atoms with Crippen molar-refractivity contribution in [3.63, 3.8) is 0 Å². The van der Waals surface area contributed by atoms with E-state index in [-0.39, 0.29) is 29.3 Å². The van der Waals surface area contributed by atoms with Crippen LogP contribution in [0.1, 0.15) is 31.2 Å². The number of aryl methyl sites for hydroxylation is 1. The Hall–Kier alpha value is -1.47. The summed E-state index contributed by atoms with van der Waals surface area (Å²) in [7, 11) is -3.77. The van der Waals surface area contributed by atoms with Crippen LogP contribution in [0.15, 0.2) is 23.1 Å². The molecule has 1 saturated carbocycles. The van der Waals surface area contributed by atoms with Crippen LogP contribution in [0.3, 0.4) is 0 Å². The second kappa shape index (κ2) is 6.20. The topological polar surface area (TPSA) is 66.5 Å². The van der Waals surface area contributed by atoms with Gasteiger partial charge in [0.2, 0.25) is 15.9 Å². The first-order valence-corrected chi connectivity index (χ1v) is 9.38. The summed E-state index contributed by atoms with van der Waals surface area (Å²) in [6.45, 7) is 2.12. The fourth-order valence-electron chi connectivity index (χ4n) is 2.80. The summed E-state index contributed by atoms with van der Waals surface area (Å²) in [4.78, 5) is 12.1. The molecule has 1 saturated heterocycles. The smallest absolute Gasteiger partial charge is 0.243 e. The van der Waals surface area contributed by atoms with Gasteiger partial charge in [0, 0.05) is 19.1 Å². The molecule has 0 spiro atoms. The largest absolute Gasteiger partial charge is 0.353 e. The Labute approximate surface area is 135 Å². The third-order valence-electron chi connectivity index (χ3n) is 4.46. The molecule has 23 heavy (non-hydrogen) atoms. The molecule has 0 aromatic heterocycles. The van der Waals surface area contributed by atoms with E-state index in [1.165, 1.54) is 16.4 Å². The molecule has 2 aliphatic rings. The van der Waals surface area contributed by atoms with Crippen molar-refractivity contribution in [1.82, 2.24) is 9.62 Å². The first kappa shape index (κ1) is 16.4. The zero-order valence-electron chi connectivity index (χ0n) is 13.1. The molecule has 1 atom stereocenters. The van der Waals surface area contributed by atoms with E-state index in [4.69, 9.17) is 0 Å². The van der Waals surface area contributed by atoms with Gasteiger partial charge < -0.3 is 5.32 Å². The predicted molar refractivity (Wildman–Crippen MR) is 83.8 cm³/mol. The van der Waals surface area contributed by atoms with Crippen molar-refractivity contribution in [2.24, 2.45) is 5.92 Å². The van der Waals surface area contributed by atoms with Crippen LogP contribution in [-0.4, -0.2) is 37.8 Å². The minimum absolute atomic E-state index is 0.0520. The molecule has 1 aliphatic carbocycles. The molecule has 2 fully saturated rings. The normalized spacial score (nSPS) is 22.8. The number of sulfonamides is 1. The van der Waals surface area contributed by atoms with Gasteiger partial charge in [0.1, 0.15) is 5.82 Å². The molecule has 3 rings (SSSR count). The van der Waals surface area contributed by atoms with E-state index >= 15 is 0 Å². The highest BCUT2D eigenvalue weighted by atomic mass is 32.2. The number of amides is 1. The molecular formula is C16H21FN2O3S. The fraction of sp³-hybridized carbons (Fsp3) is 0.562. The van der Waals surface area contributed by atoms with Gasteiger partial charge in [-0.3, -0.25) is 4.79 Å². The van der Waals surface area contributed by atoms with E-state index in [9.17, 15) is 17.6 Å². The number of carbonyl (C=O) groups is 1. The minimum atomic E-state index is -3.77. The molecule has 5 nitrogen and oxygen atoms in total. The van der Waals surface area contributed by atoms with Crippen LogP contribution in [-0.2, 0) is 14.8 Å². The predicted octanol–water partition coefficient (Wildman–Crippen LogP) is 1.81. The molecule has 1 N–H and O–H groups in total. The first-order valence-electron chi connectivity index (χ1n) is 7.94. The van der Waals surface area contributed by atoms with Crippen LogP contribution in [0.2, 0.25) is 0 Å². The van der Waals surface area contributed by atoms with E-state index in [2.05, 4.69) is 5.32 Å². The summed E-state index contributed by atoms with van der Waals surface area (Å²) in [5.41, 5.74) is 0.407. The Morgan fingerprint density at radius 2 is 2.04 bits per heavy atom. The van der Waals surface area contributed by atoms with E-state index in [1.54, 1.807) is 6.92 Å². The Morgan fingerprint density at radius 1 is 1.30 bits per heavy atom. The van der Waals surface area contributed by atoms with Gasteiger partial charge in [-0.1, -0.05) is 6.07 Å². The molecule has 1 heterocycles. The van der Waals surface area contributed by atoms with Crippen LogP contribution >= 0.6 is 0 Å². The van der Waals surface area contributed by atoms with E-state index < -0.39 is 15.8 Å². The average Bonchev–Trinajstić information content (AvgIpc) is 3.34. The maximum absolute atomic E-state index is 13.7. The van der Waals surface area contributed by atoms with Crippen molar-refractivity contribution < 1.29 is 17.6 Å². The van der Waals surface area contributed by atoms with Gasteiger partial charge in [-0.15, -0.1) is 0 Å². The lowest BCUT2D eigenvalue weighted by Crippen LogP contribution is -2.45. The Bertz CT molecular complexity index is 716. The number of benzene rings is 1. The number of carbonyl (C=O) groups excluding carboxylic acids is 1. The van der Waals surface area contributed by atoms with Crippen LogP contribution in [0.4, 0.5) is 4.39 Å². The number of hydrogen-bond acceptors (Lipinski definition) is 3. The van der Waals surface area contributed by atoms with Gasteiger partial charge in [0.05, 0.1) is 10.8 Å². The SMILES string of the molecule is Cc1ccc(S(=O)(=O)N2CCCC(C(=O)NC3CC3)C2)cc1F. The minimum Gasteiger partial charge on any atom is -0.353 e. The van der Waals surface area contributed by atoms with E-state index in [1.807, 2.05) is 0 Å². The number of rotatable bonds is 4. The maximum Gasteiger partial charge on any atom is 0.243 e. The summed E-state index contributed by atoms with van der Waals surface area (Å²) >= 11 is 0. The second-order valence-corrected chi connectivity index (χ2v) is 8.33. The highest BCUT2D eigenvalue weighted by molar-refractivity contribution is 7.89. The maximum atomic E-state index is 13.7. The number of halogens is 1. The van der Waals surface area contributed by atoms with Crippen molar-refractivity contribution >= 4 is 15.9 Å². The van der Waals surface area contributed by atoms with Crippen molar-refractivity contribution in [3.8, 4) is 0 Å². The molecule has 0 radical (unpaired) electrons. The van der Waals surface area contributed by atoms with Gasteiger partial charge >= 0.3 is 0 Å².